The normalized spacial score (nSPS) is 9.08. The summed E-state index contributed by atoms with van der Waals surface area (Å²) in [6.07, 6.45) is 7.25. The van der Waals surface area contributed by atoms with Crippen molar-refractivity contribution in [2.24, 2.45) is 0 Å². The molecule has 0 aliphatic heterocycles. The van der Waals surface area contributed by atoms with Gasteiger partial charge in [-0.3, -0.25) is 4.79 Å². The number of carboxylic acid groups (broad SMARTS) is 1. The molecule has 71 valence electrons. The topological polar surface area (TPSA) is 37.3 Å². The number of hydrogen-bond acceptors (Lipinski definition) is 1. The van der Waals surface area contributed by atoms with Crippen molar-refractivity contribution in [3.63, 3.8) is 0 Å². The van der Waals surface area contributed by atoms with E-state index >= 15 is 0 Å². The van der Waals surface area contributed by atoms with Gasteiger partial charge in [0.15, 0.2) is 0 Å². The molecule has 0 unspecified atom stereocenters. The van der Waals surface area contributed by atoms with E-state index in [0.717, 1.165) is 12.8 Å². The van der Waals surface area contributed by atoms with E-state index in [4.69, 9.17) is 5.11 Å². The fraction of sp³-hybridized carbons (Fsp3) is 0.889. The van der Waals surface area contributed by atoms with Gasteiger partial charge in [0.05, 0.1) is 0 Å². The van der Waals surface area contributed by atoms with Crippen molar-refractivity contribution >= 4 is 5.97 Å². The van der Waals surface area contributed by atoms with Crippen LogP contribution in [0.25, 0.3) is 0 Å². The van der Waals surface area contributed by atoms with Crippen LogP contribution in [0, 0.1) is 0 Å². The van der Waals surface area contributed by atoms with Crippen molar-refractivity contribution in [3.05, 3.63) is 0 Å². The molecule has 0 aromatic heterocycles. The molecule has 0 rings (SSSR count). The average Bonchev–Trinajstić information content (AvgIpc) is 1.96. The Morgan fingerprint density at radius 1 is 1.08 bits per heavy atom. The van der Waals surface area contributed by atoms with E-state index in [1.54, 1.807) is 0 Å². The van der Waals surface area contributed by atoms with Gasteiger partial charge >= 0.3 is 23.0 Å². The molecular formula is C9H18FeO2+3. The van der Waals surface area contributed by atoms with Crippen LogP contribution < -0.4 is 0 Å². The van der Waals surface area contributed by atoms with E-state index in [9.17, 15) is 4.79 Å². The minimum absolute atomic E-state index is 0. The molecule has 1 radical (unpaired) electrons. The summed E-state index contributed by atoms with van der Waals surface area (Å²) in [6.45, 7) is 2.18. The Hall–Kier alpha value is -0.0105. The third kappa shape index (κ3) is 12.6. The van der Waals surface area contributed by atoms with Gasteiger partial charge in [0, 0.05) is 6.42 Å². The number of carbonyl (C=O) groups is 1. The van der Waals surface area contributed by atoms with Gasteiger partial charge < -0.3 is 5.11 Å². The largest absolute Gasteiger partial charge is 3.00 e. The molecule has 0 aromatic carbocycles. The monoisotopic (exact) mass is 214 g/mol. The van der Waals surface area contributed by atoms with Crippen LogP contribution in [0.3, 0.4) is 0 Å². The van der Waals surface area contributed by atoms with Crippen molar-refractivity contribution in [2.45, 2.75) is 51.9 Å². The Balaban J connectivity index is 0. The average molecular weight is 214 g/mol. The van der Waals surface area contributed by atoms with Crippen molar-refractivity contribution in [1.29, 1.82) is 0 Å². The Labute approximate surface area is 85.2 Å². The van der Waals surface area contributed by atoms with Gasteiger partial charge in [-0.05, 0) is 6.42 Å². The quantitative estimate of drug-likeness (QED) is 0.522. The van der Waals surface area contributed by atoms with Gasteiger partial charge in [0.2, 0.25) is 0 Å². The van der Waals surface area contributed by atoms with Gasteiger partial charge in [0.25, 0.3) is 0 Å². The Bertz CT molecular complexity index is 105. The summed E-state index contributed by atoms with van der Waals surface area (Å²) < 4.78 is 0. The standard InChI is InChI=1S/C9H18O2.Fe/c1-2-3-4-5-6-7-8-9(10)11;/h2-8H2,1H3,(H,10,11);/q;+3. The molecule has 12 heavy (non-hydrogen) atoms. The van der Waals surface area contributed by atoms with E-state index in [2.05, 4.69) is 6.92 Å². The number of rotatable bonds is 7. The summed E-state index contributed by atoms with van der Waals surface area (Å²) >= 11 is 0. The summed E-state index contributed by atoms with van der Waals surface area (Å²) in [5.74, 6) is -0.666. The molecule has 2 nitrogen and oxygen atoms in total. The summed E-state index contributed by atoms with van der Waals surface area (Å²) in [5, 5.41) is 8.32. The Morgan fingerprint density at radius 2 is 1.58 bits per heavy atom. The molecule has 0 bridgehead atoms. The molecule has 0 aromatic rings. The molecule has 0 fully saturated rings. The van der Waals surface area contributed by atoms with Crippen LogP contribution in [0.4, 0.5) is 0 Å². The molecule has 1 N–H and O–H groups in total. The first-order valence-corrected chi connectivity index (χ1v) is 4.49. The van der Waals surface area contributed by atoms with Crippen molar-refractivity contribution in [3.8, 4) is 0 Å². The first kappa shape index (κ1) is 14.5. The molecule has 0 aliphatic rings. The Kier molecular flexibility index (Phi) is 13.3. The van der Waals surface area contributed by atoms with E-state index in [-0.39, 0.29) is 17.1 Å². The molecule has 0 saturated carbocycles. The Morgan fingerprint density at radius 3 is 2.08 bits per heavy atom. The summed E-state index contributed by atoms with van der Waals surface area (Å²) in [4.78, 5) is 10.1. The molecule has 3 heteroatoms. The van der Waals surface area contributed by atoms with Gasteiger partial charge in [0.1, 0.15) is 0 Å². The van der Waals surface area contributed by atoms with E-state index in [0.29, 0.717) is 6.42 Å². The predicted octanol–water partition coefficient (Wildman–Crippen LogP) is 2.82. The first-order valence-electron chi connectivity index (χ1n) is 4.49. The molecule has 0 heterocycles. The number of hydrogen-bond donors (Lipinski definition) is 1. The van der Waals surface area contributed by atoms with E-state index in [1.165, 1.54) is 25.7 Å². The second-order valence-electron chi connectivity index (χ2n) is 2.91. The van der Waals surface area contributed by atoms with Crippen molar-refractivity contribution < 1.29 is 27.0 Å². The minimum atomic E-state index is -0.666. The minimum Gasteiger partial charge on any atom is -0.481 e. The van der Waals surface area contributed by atoms with E-state index in [1.807, 2.05) is 0 Å². The maximum absolute atomic E-state index is 10.1. The second kappa shape index (κ2) is 11.0. The summed E-state index contributed by atoms with van der Waals surface area (Å²) in [5.41, 5.74) is 0. The van der Waals surface area contributed by atoms with Crippen LogP contribution in [0.15, 0.2) is 0 Å². The third-order valence-corrected chi connectivity index (χ3v) is 1.74. The van der Waals surface area contributed by atoms with Gasteiger partial charge in [-0.2, -0.15) is 0 Å². The van der Waals surface area contributed by atoms with Gasteiger partial charge in [-0.15, -0.1) is 0 Å². The molecule has 0 saturated heterocycles. The summed E-state index contributed by atoms with van der Waals surface area (Å²) in [7, 11) is 0. The fourth-order valence-electron chi connectivity index (χ4n) is 1.06. The predicted molar refractivity (Wildman–Crippen MR) is 45.6 cm³/mol. The second-order valence-corrected chi connectivity index (χ2v) is 2.91. The number of carboxylic acids is 1. The van der Waals surface area contributed by atoms with Crippen molar-refractivity contribution in [2.75, 3.05) is 0 Å². The van der Waals surface area contributed by atoms with Crippen LogP contribution in [-0.2, 0) is 21.9 Å². The van der Waals surface area contributed by atoms with Crippen LogP contribution in [0.5, 0.6) is 0 Å². The maximum atomic E-state index is 10.1. The smallest absolute Gasteiger partial charge is 0.481 e. The van der Waals surface area contributed by atoms with Crippen LogP contribution in [-0.4, -0.2) is 11.1 Å². The zero-order valence-electron chi connectivity index (χ0n) is 7.66. The van der Waals surface area contributed by atoms with Crippen LogP contribution >= 0.6 is 0 Å². The van der Waals surface area contributed by atoms with Crippen LogP contribution in [0.1, 0.15) is 51.9 Å². The molecule has 0 atom stereocenters. The zero-order chi connectivity index (χ0) is 8.53. The third-order valence-electron chi connectivity index (χ3n) is 1.74. The van der Waals surface area contributed by atoms with Gasteiger partial charge in [-0.1, -0.05) is 39.0 Å². The molecule has 0 spiro atoms. The van der Waals surface area contributed by atoms with Gasteiger partial charge in [-0.25, -0.2) is 0 Å². The molecule has 0 amide bonds. The fourth-order valence-corrected chi connectivity index (χ4v) is 1.06. The van der Waals surface area contributed by atoms with Crippen LogP contribution in [0.2, 0.25) is 0 Å². The zero-order valence-corrected chi connectivity index (χ0v) is 8.76. The van der Waals surface area contributed by atoms with E-state index < -0.39 is 5.97 Å². The molecule has 0 aliphatic carbocycles. The number of aliphatic carboxylic acids is 1. The maximum Gasteiger partial charge on any atom is 3.00 e. The van der Waals surface area contributed by atoms with Crippen molar-refractivity contribution in [1.82, 2.24) is 0 Å². The number of unbranched alkanes of at least 4 members (excludes halogenated alkanes) is 5. The SMILES string of the molecule is CCCCCCCCC(=O)O.[Fe+3]. The summed E-state index contributed by atoms with van der Waals surface area (Å²) in [6, 6.07) is 0. The molecular weight excluding hydrogens is 196 g/mol. The first-order chi connectivity index (χ1) is 5.27.